The summed E-state index contributed by atoms with van der Waals surface area (Å²) in [6.45, 7) is 1.82. The van der Waals surface area contributed by atoms with Crippen LogP contribution >= 0.6 is 11.3 Å². The number of amides is 1. The summed E-state index contributed by atoms with van der Waals surface area (Å²) in [4.78, 5) is 11.8. The van der Waals surface area contributed by atoms with Crippen LogP contribution in [0.3, 0.4) is 0 Å². The predicted octanol–water partition coefficient (Wildman–Crippen LogP) is 0.415. The first-order valence-electron chi connectivity index (χ1n) is 4.47. The molecule has 7 nitrogen and oxygen atoms in total. The number of aryl methyl sites for hydroxylation is 2. The van der Waals surface area contributed by atoms with Gasteiger partial charge in [0.15, 0.2) is 0 Å². The highest BCUT2D eigenvalue weighted by atomic mass is 32.1. The third kappa shape index (κ3) is 2.01. The molecule has 16 heavy (non-hydrogen) atoms. The number of nitrogens with zero attached hydrogens (tertiary/aromatic N) is 4. The van der Waals surface area contributed by atoms with Crippen molar-refractivity contribution in [2.75, 3.05) is 11.1 Å². The summed E-state index contributed by atoms with van der Waals surface area (Å²) in [6, 6.07) is 1.69. The van der Waals surface area contributed by atoms with Crippen LogP contribution in [0.15, 0.2) is 6.07 Å². The summed E-state index contributed by atoms with van der Waals surface area (Å²) < 4.78 is 1.51. The number of carbonyl (C=O) groups excluding carboxylic acids is 1. The molecule has 0 aliphatic heterocycles. The molecule has 2 heterocycles. The van der Waals surface area contributed by atoms with E-state index in [1.54, 1.807) is 13.1 Å². The van der Waals surface area contributed by atoms with E-state index in [-0.39, 0.29) is 5.91 Å². The molecule has 2 aromatic rings. The van der Waals surface area contributed by atoms with Gasteiger partial charge in [0.05, 0.1) is 5.69 Å². The highest BCUT2D eigenvalue weighted by Crippen LogP contribution is 2.17. The van der Waals surface area contributed by atoms with E-state index in [1.165, 1.54) is 4.68 Å². The summed E-state index contributed by atoms with van der Waals surface area (Å²) in [6.07, 6.45) is 0. The first-order valence-corrected chi connectivity index (χ1v) is 5.29. The van der Waals surface area contributed by atoms with E-state index in [4.69, 9.17) is 5.73 Å². The minimum absolute atomic E-state index is 0.278. The van der Waals surface area contributed by atoms with E-state index in [0.29, 0.717) is 16.0 Å². The lowest BCUT2D eigenvalue weighted by molar-refractivity contribution is 0.101. The van der Waals surface area contributed by atoms with Crippen LogP contribution in [-0.2, 0) is 7.05 Å². The second-order valence-corrected chi connectivity index (χ2v) is 4.20. The van der Waals surface area contributed by atoms with E-state index in [1.807, 2.05) is 6.92 Å². The predicted molar refractivity (Wildman–Crippen MR) is 60.2 cm³/mol. The maximum atomic E-state index is 11.8. The average Bonchev–Trinajstić information content (AvgIpc) is 2.73. The van der Waals surface area contributed by atoms with Gasteiger partial charge in [0.25, 0.3) is 5.91 Å². The maximum Gasteiger partial charge on any atom is 0.275 e. The minimum Gasteiger partial charge on any atom is -0.374 e. The zero-order valence-electron chi connectivity index (χ0n) is 8.76. The monoisotopic (exact) mass is 238 g/mol. The van der Waals surface area contributed by atoms with Gasteiger partial charge in [-0.25, -0.2) is 0 Å². The third-order valence-electron chi connectivity index (χ3n) is 1.90. The standard InChI is InChI=1S/C8H10N6OS/c1-4-3-5(14(2)13-4)6(15)10-8-12-11-7(9)16-8/h3H,1-2H3,(H2,9,11)(H,10,12,15). The molecule has 0 saturated carbocycles. The quantitative estimate of drug-likeness (QED) is 0.789. The van der Waals surface area contributed by atoms with Crippen molar-refractivity contribution in [1.29, 1.82) is 0 Å². The van der Waals surface area contributed by atoms with Crippen LogP contribution in [0.5, 0.6) is 0 Å². The number of nitrogen functional groups attached to an aromatic ring is 1. The normalized spacial score (nSPS) is 10.4. The molecule has 2 aromatic heterocycles. The van der Waals surface area contributed by atoms with E-state index in [0.717, 1.165) is 17.0 Å². The molecule has 0 atom stereocenters. The van der Waals surface area contributed by atoms with Gasteiger partial charge in [0, 0.05) is 7.05 Å². The zero-order chi connectivity index (χ0) is 11.7. The smallest absolute Gasteiger partial charge is 0.275 e. The second-order valence-electron chi connectivity index (χ2n) is 3.19. The summed E-state index contributed by atoms with van der Waals surface area (Å²) in [7, 11) is 1.70. The SMILES string of the molecule is Cc1cc(C(=O)Nc2nnc(N)s2)n(C)n1. The van der Waals surface area contributed by atoms with Crippen molar-refractivity contribution in [3.8, 4) is 0 Å². The lowest BCUT2D eigenvalue weighted by Crippen LogP contribution is -2.15. The maximum absolute atomic E-state index is 11.8. The zero-order valence-corrected chi connectivity index (χ0v) is 9.58. The number of nitrogens with two attached hydrogens (primary N) is 1. The largest absolute Gasteiger partial charge is 0.374 e. The molecule has 8 heteroatoms. The van der Waals surface area contributed by atoms with Crippen molar-refractivity contribution in [3.63, 3.8) is 0 Å². The Labute approximate surface area is 95.3 Å². The van der Waals surface area contributed by atoms with Crippen LogP contribution in [0.4, 0.5) is 10.3 Å². The molecule has 0 fully saturated rings. The number of nitrogens with one attached hydrogen (secondary N) is 1. The lowest BCUT2D eigenvalue weighted by Gasteiger charge is -2.00. The fourth-order valence-corrected chi connectivity index (χ4v) is 1.77. The molecular formula is C8H10N6OS. The molecule has 2 rings (SSSR count). The Balaban J connectivity index is 2.17. The summed E-state index contributed by atoms with van der Waals surface area (Å²) >= 11 is 1.12. The molecule has 84 valence electrons. The topological polar surface area (TPSA) is 98.7 Å². The van der Waals surface area contributed by atoms with Crippen LogP contribution in [0.2, 0.25) is 0 Å². The van der Waals surface area contributed by atoms with E-state index in [9.17, 15) is 4.79 Å². The Morgan fingerprint density at radius 2 is 2.31 bits per heavy atom. The molecule has 0 aliphatic rings. The summed E-state index contributed by atoms with van der Waals surface area (Å²) in [5.41, 5.74) is 6.65. The first-order chi connectivity index (χ1) is 7.56. The van der Waals surface area contributed by atoms with Crippen molar-refractivity contribution >= 4 is 27.5 Å². The highest BCUT2D eigenvalue weighted by Gasteiger charge is 2.13. The van der Waals surface area contributed by atoms with Gasteiger partial charge in [-0.3, -0.25) is 14.8 Å². The van der Waals surface area contributed by atoms with Crippen molar-refractivity contribution in [2.45, 2.75) is 6.92 Å². The number of hydrogen-bond acceptors (Lipinski definition) is 6. The van der Waals surface area contributed by atoms with Crippen LogP contribution < -0.4 is 11.1 Å². The van der Waals surface area contributed by atoms with Crippen molar-refractivity contribution in [1.82, 2.24) is 20.0 Å². The molecule has 0 radical (unpaired) electrons. The first kappa shape index (κ1) is 10.6. The Kier molecular flexibility index (Phi) is 2.57. The Bertz CT molecular complexity index is 530. The summed E-state index contributed by atoms with van der Waals surface area (Å²) in [5, 5.41) is 14.7. The third-order valence-corrected chi connectivity index (χ3v) is 2.56. The average molecular weight is 238 g/mol. The van der Waals surface area contributed by atoms with E-state index >= 15 is 0 Å². The van der Waals surface area contributed by atoms with Crippen LogP contribution in [0, 0.1) is 6.92 Å². The van der Waals surface area contributed by atoms with Gasteiger partial charge in [-0.2, -0.15) is 5.10 Å². The number of rotatable bonds is 2. The van der Waals surface area contributed by atoms with Crippen LogP contribution in [0.25, 0.3) is 0 Å². The molecule has 0 aliphatic carbocycles. The molecule has 0 bridgehead atoms. The van der Waals surface area contributed by atoms with Gasteiger partial charge in [-0.05, 0) is 13.0 Å². The highest BCUT2D eigenvalue weighted by molar-refractivity contribution is 7.19. The lowest BCUT2D eigenvalue weighted by atomic mass is 10.3. The minimum atomic E-state index is -0.278. The molecule has 0 spiro atoms. The molecular weight excluding hydrogens is 228 g/mol. The molecule has 0 aromatic carbocycles. The second kappa shape index (κ2) is 3.89. The number of carbonyl (C=O) groups is 1. The van der Waals surface area contributed by atoms with Gasteiger partial charge in [0.1, 0.15) is 5.69 Å². The molecule has 0 unspecified atom stereocenters. The van der Waals surface area contributed by atoms with Gasteiger partial charge in [0.2, 0.25) is 10.3 Å². The van der Waals surface area contributed by atoms with Crippen LogP contribution in [0.1, 0.15) is 16.2 Å². The number of aromatic nitrogens is 4. The molecule has 3 N–H and O–H groups in total. The van der Waals surface area contributed by atoms with Crippen molar-refractivity contribution < 1.29 is 4.79 Å². The van der Waals surface area contributed by atoms with E-state index in [2.05, 4.69) is 20.6 Å². The van der Waals surface area contributed by atoms with Gasteiger partial charge in [-0.15, -0.1) is 10.2 Å². The Morgan fingerprint density at radius 3 is 2.81 bits per heavy atom. The number of hydrogen-bond donors (Lipinski definition) is 2. The fraction of sp³-hybridized carbons (Fsp3) is 0.250. The number of anilines is 2. The van der Waals surface area contributed by atoms with Gasteiger partial charge >= 0.3 is 0 Å². The Hall–Kier alpha value is -1.96. The molecule has 0 saturated heterocycles. The fourth-order valence-electron chi connectivity index (χ4n) is 1.27. The summed E-state index contributed by atoms with van der Waals surface area (Å²) in [5.74, 6) is -0.278. The van der Waals surface area contributed by atoms with E-state index < -0.39 is 0 Å². The van der Waals surface area contributed by atoms with Gasteiger partial charge in [-0.1, -0.05) is 11.3 Å². The van der Waals surface area contributed by atoms with Crippen molar-refractivity contribution in [3.05, 3.63) is 17.5 Å². The Morgan fingerprint density at radius 1 is 1.56 bits per heavy atom. The van der Waals surface area contributed by atoms with Crippen LogP contribution in [-0.4, -0.2) is 25.9 Å². The van der Waals surface area contributed by atoms with Crippen molar-refractivity contribution in [2.24, 2.45) is 7.05 Å². The van der Waals surface area contributed by atoms with Gasteiger partial charge < -0.3 is 5.73 Å². The molecule has 1 amide bonds.